The molecule has 1 heterocycles. The highest BCUT2D eigenvalue weighted by atomic mass is 19.1. The summed E-state index contributed by atoms with van der Waals surface area (Å²) >= 11 is 0. The Hall–Kier alpha value is -5.49. The highest BCUT2D eigenvalue weighted by molar-refractivity contribution is 5.91. The molecule has 0 spiro atoms. The topological polar surface area (TPSA) is 113 Å². The third kappa shape index (κ3) is 6.60. The molecule has 1 unspecified atom stereocenters. The molecule has 8 nitrogen and oxygen atoms in total. The Morgan fingerprint density at radius 1 is 0.932 bits per heavy atom. The minimum absolute atomic E-state index is 0.0147. The number of hydrogen-bond donors (Lipinski definition) is 1. The zero-order chi connectivity index (χ0) is 31.1. The Morgan fingerprint density at radius 3 is 2.43 bits per heavy atom. The summed E-state index contributed by atoms with van der Waals surface area (Å²) < 4.78 is 42.9. The first-order chi connectivity index (χ1) is 21.4. The number of nitrogens with two attached hydrogens (primary N) is 1. The fourth-order valence-corrected chi connectivity index (χ4v) is 4.78. The van der Waals surface area contributed by atoms with E-state index in [1.165, 1.54) is 6.07 Å². The van der Waals surface area contributed by atoms with Crippen LogP contribution in [0.3, 0.4) is 0 Å². The quantitative estimate of drug-likeness (QED) is 0.145. The van der Waals surface area contributed by atoms with Crippen LogP contribution >= 0.6 is 0 Å². The molecule has 224 valence electrons. The van der Waals surface area contributed by atoms with Crippen molar-refractivity contribution in [2.45, 2.75) is 32.8 Å². The summed E-state index contributed by atoms with van der Waals surface area (Å²) in [7, 11) is 0. The van der Waals surface area contributed by atoms with Gasteiger partial charge in [-0.2, -0.15) is 5.26 Å². The van der Waals surface area contributed by atoms with Crippen LogP contribution in [0.5, 0.6) is 28.7 Å². The summed E-state index contributed by atoms with van der Waals surface area (Å²) in [5.41, 5.74) is 8.54. The number of fused-ring (bicyclic) bond motifs is 1. The van der Waals surface area contributed by atoms with Crippen LogP contribution in [0.15, 0.2) is 96.4 Å². The molecule has 0 aliphatic carbocycles. The van der Waals surface area contributed by atoms with E-state index in [-0.39, 0.29) is 29.6 Å². The van der Waals surface area contributed by atoms with Crippen molar-refractivity contribution in [2.75, 3.05) is 13.2 Å². The average molecular weight is 595 g/mol. The van der Waals surface area contributed by atoms with E-state index < -0.39 is 11.9 Å². The molecule has 0 saturated heterocycles. The second-order valence-electron chi connectivity index (χ2n) is 9.91. The van der Waals surface area contributed by atoms with Gasteiger partial charge in [-0.1, -0.05) is 37.3 Å². The van der Waals surface area contributed by atoms with Crippen LogP contribution in [-0.4, -0.2) is 19.2 Å². The number of benzene rings is 4. The average Bonchev–Trinajstić information content (AvgIpc) is 3.03. The van der Waals surface area contributed by atoms with E-state index in [0.717, 1.165) is 6.42 Å². The molecule has 9 heteroatoms. The van der Waals surface area contributed by atoms with Gasteiger partial charge < -0.3 is 29.4 Å². The van der Waals surface area contributed by atoms with E-state index in [0.29, 0.717) is 58.5 Å². The normalized spacial score (nSPS) is 13.7. The van der Waals surface area contributed by atoms with E-state index in [1.54, 1.807) is 78.9 Å². The summed E-state index contributed by atoms with van der Waals surface area (Å²) in [4.78, 5) is 12.8. The third-order valence-electron chi connectivity index (χ3n) is 6.91. The van der Waals surface area contributed by atoms with Crippen LogP contribution in [0.25, 0.3) is 0 Å². The molecule has 0 saturated carbocycles. The summed E-state index contributed by atoms with van der Waals surface area (Å²) in [5, 5.41) is 10.0. The van der Waals surface area contributed by atoms with Gasteiger partial charge in [0.25, 0.3) is 0 Å². The number of esters is 1. The second kappa shape index (κ2) is 13.7. The Labute approximate surface area is 255 Å². The van der Waals surface area contributed by atoms with Crippen LogP contribution in [-0.2, 0) is 6.61 Å². The molecule has 4 aromatic rings. The maximum absolute atomic E-state index is 14.1. The number of ether oxygens (including phenoxy) is 5. The molecular weight excluding hydrogens is 563 g/mol. The standard InChI is InChI=1S/C35H31FN2O6/c1-3-17-41-25-12-9-22(10-13-25)35(39)43-26-14-15-27-31(19-26)44-34(38)28(20-37)33(27)23-11-16-30(32(18-23)40-4-2)42-21-24-7-5-6-8-29(24)36/h5-16,18-19,33H,3-4,17,21,38H2,1-2H3. The maximum atomic E-state index is 14.1. The lowest BCUT2D eigenvalue weighted by molar-refractivity contribution is 0.0734. The number of rotatable bonds is 11. The Bertz CT molecular complexity index is 1730. The molecule has 1 aliphatic rings. The fourth-order valence-electron chi connectivity index (χ4n) is 4.78. The molecule has 0 amide bonds. The van der Waals surface area contributed by atoms with E-state index in [9.17, 15) is 14.4 Å². The molecule has 44 heavy (non-hydrogen) atoms. The van der Waals surface area contributed by atoms with E-state index in [4.69, 9.17) is 29.4 Å². The summed E-state index contributed by atoms with van der Waals surface area (Å²) in [6.07, 6.45) is 0.880. The molecule has 0 radical (unpaired) electrons. The first-order valence-corrected chi connectivity index (χ1v) is 14.2. The van der Waals surface area contributed by atoms with Crippen molar-refractivity contribution in [3.63, 3.8) is 0 Å². The van der Waals surface area contributed by atoms with Crippen molar-refractivity contribution in [1.29, 1.82) is 5.26 Å². The van der Waals surface area contributed by atoms with Crippen molar-refractivity contribution in [1.82, 2.24) is 0 Å². The summed E-state index contributed by atoms with van der Waals surface area (Å²) in [6, 6.07) is 25.5. The largest absolute Gasteiger partial charge is 0.494 e. The number of halogens is 1. The monoisotopic (exact) mass is 594 g/mol. The van der Waals surface area contributed by atoms with Crippen molar-refractivity contribution >= 4 is 5.97 Å². The Balaban J connectivity index is 1.40. The molecule has 4 aromatic carbocycles. The molecule has 1 atom stereocenters. The number of nitrogens with zero attached hydrogens (tertiary/aromatic N) is 1. The van der Waals surface area contributed by atoms with Crippen molar-refractivity contribution in [3.05, 3.63) is 124 Å². The van der Waals surface area contributed by atoms with Gasteiger partial charge in [-0.25, -0.2) is 9.18 Å². The lowest BCUT2D eigenvalue weighted by atomic mass is 9.83. The lowest BCUT2D eigenvalue weighted by Crippen LogP contribution is -2.21. The molecular formula is C35H31FN2O6. The molecule has 0 aromatic heterocycles. The minimum atomic E-state index is -0.594. The van der Waals surface area contributed by atoms with E-state index in [1.807, 2.05) is 13.8 Å². The Kier molecular flexibility index (Phi) is 9.31. The Morgan fingerprint density at radius 2 is 1.70 bits per heavy atom. The minimum Gasteiger partial charge on any atom is -0.494 e. The highest BCUT2D eigenvalue weighted by Crippen LogP contribution is 2.45. The van der Waals surface area contributed by atoms with Gasteiger partial charge in [0.2, 0.25) is 5.88 Å². The van der Waals surface area contributed by atoms with Crippen LogP contribution in [0.4, 0.5) is 4.39 Å². The number of allylic oxidation sites excluding steroid dienone is 1. The molecule has 0 bridgehead atoms. The van der Waals surface area contributed by atoms with Gasteiger partial charge in [0.05, 0.1) is 24.7 Å². The number of nitriles is 1. The van der Waals surface area contributed by atoms with Crippen LogP contribution in [0, 0.1) is 17.1 Å². The predicted molar refractivity (Wildman–Crippen MR) is 161 cm³/mol. The first kappa shape index (κ1) is 30.0. The zero-order valence-electron chi connectivity index (χ0n) is 24.3. The van der Waals surface area contributed by atoms with Crippen molar-refractivity contribution < 1.29 is 32.9 Å². The summed E-state index contributed by atoms with van der Waals surface area (Å²) in [6.45, 7) is 4.82. The SMILES string of the molecule is CCCOc1ccc(C(=O)Oc2ccc3c(c2)OC(N)=C(C#N)C3c2ccc(OCc3ccccc3F)c(OCC)c2)cc1. The van der Waals surface area contributed by atoms with Crippen molar-refractivity contribution in [3.8, 4) is 34.8 Å². The fraction of sp³-hybridized carbons (Fsp3) is 0.200. The molecule has 1 aliphatic heterocycles. The first-order valence-electron chi connectivity index (χ1n) is 14.2. The zero-order valence-corrected chi connectivity index (χ0v) is 24.3. The van der Waals surface area contributed by atoms with Crippen LogP contribution in [0.1, 0.15) is 53.2 Å². The predicted octanol–water partition coefficient (Wildman–Crippen LogP) is 7.03. The van der Waals surface area contributed by atoms with Gasteiger partial charge in [-0.15, -0.1) is 0 Å². The molecule has 0 fully saturated rings. The number of carbonyl (C=O) groups is 1. The number of hydrogen-bond acceptors (Lipinski definition) is 8. The maximum Gasteiger partial charge on any atom is 0.343 e. The van der Waals surface area contributed by atoms with Crippen LogP contribution in [0.2, 0.25) is 0 Å². The van der Waals surface area contributed by atoms with Crippen LogP contribution < -0.4 is 29.4 Å². The summed E-state index contributed by atoms with van der Waals surface area (Å²) in [5.74, 6) is 0.558. The highest BCUT2D eigenvalue weighted by Gasteiger charge is 2.32. The van der Waals surface area contributed by atoms with Gasteiger partial charge >= 0.3 is 5.97 Å². The smallest absolute Gasteiger partial charge is 0.343 e. The number of carbonyl (C=O) groups excluding carboxylic acids is 1. The molecule has 2 N–H and O–H groups in total. The van der Waals surface area contributed by atoms with Gasteiger partial charge in [0, 0.05) is 17.2 Å². The van der Waals surface area contributed by atoms with Gasteiger partial charge in [-0.05, 0) is 67.4 Å². The van der Waals surface area contributed by atoms with Gasteiger partial charge in [-0.3, -0.25) is 0 Å². The second-order valence-corrected chi connectivity index (χ2v) is 9.91. The van der Waals surface area contributed by atoms with E-state index in [2.05, 4.69) is 6.07 Å². The van der Waals surface area contributed by atoms with Gasteiger partial charge in [0.1, 0.15) is 41.3 Å². The van der Waals surface area contributed by atoms with Crippen molar-refractivity contribution in [2.24, 2.45) is 5.73 Å². The van der Waals surface area contributed by atoms with Gasteiger partial charge in [0.15, 0.2) is 11.5 Å². The van der Waals surface area contributed by atoms with E-state index >= 15 is 0 Å². The lowest BCUT2D eigenvalue weighted by Gasteiger charge is -2.27. The third-order valence-corrected chi connectivity index (χ3v) is 6.91. The molecule has 5 rings (SSSR count).